The van der Waals surface area contributed by atoms with Gasteiger partial charge in [0.1, 0.15) is 21.3 Å². The van der Waals surface area contributed by atoms with Crippen LogP contribution < -0.4 is 63.7 Å². The maximum Gasteiger partial charge on any atom is -0.0134 e. The second-order valence-corrected chi connectivity index (χ2v) is 34.8. The van der Waals surface area contributed by atoms with E-state index in [1.54, 1.807) is 121 Å². The van der Waals surface area contributed by atoms with Crippen LogP contribution in [0, 0.1) is 13.3 Å². The van der Waals surface area contributed by atoms with E-state index in [1.165, 1.54) is 63.7 Å². The number of Topliss-reactive ketones (excluding diaryl/α,β-unsaturated/α-hetero) is 2. The van der Waals surface area contributed by atoms with Crippen molar-refractivity contribution < 1.29 is 63.7 Å². The molecule has 2 N–H and O–H groups in total. The van der Waals surface area contributed by atoms with Crippen molar-refractivity contribution in [1.29, 1.82) is 0 Å². The van der Waals surface area contributed by atoms with Crippen molar-refractivity contribution in [2.75, 3.05) is 0 Å². The summed E-state index contributed by atoms with van der Waals surface area (Å²) in [6.45, 7) is 9.00. The molecule has 0 aliphatic carbocycles. The summed E-state index contributed by atoms with van der Waals surface area (Å²) in [6.07, 6.45) is 0. The second-order valence-electron chi connectivity index (χ2n) is 24.9. The molecule has 0 amide bonds. The zero-order valence-electron chi connectivity index (χ0n) is 64.4. The molecule has 16 aromatic rings. The smallest absolute Gasteiger partial charge is 0.0134 e. The molecule has 16 aromatic carbocycles. The number of thioether (sulfide) groups is 1. The molecule has 0 aromatic heterocycles. The third-order valence-electron chi connectivity index (χ3n) is 17.4. The van der Waals surface area contributed by atoms with E-state index in [1.807, 2.05) is 34.6 Å². The van der Waals surface area contributed by atoms with Crippen LogP contribution >= 0.6 is 62.8 Å². The van der Waals surface area contributed by atoms with E-state index in [9.17, 15) is 19.8 Å². The van der Waals surface area contributed by atoms with Crippen molar-refractivity contribution in [3.8, 4) is 0 Å². The molecule has 0 heterocycles. The Labute approximate surface area is 737 Å². The van der Waals surface area contributed by atoms with Crippen LogP contribution in [0.15, 0.2) is 495 Å². The topological polar surface area (TPSA) is 114 Å². The summed E-state index contributed by atoms with van der Waals surface area (Å²) in [5.74, 6) is -1.47. The SMILES string of the molecule is O=C(/C(S/C(C(=O)c1ccccc1)=C(/O)c1ccccc1)=C(\O)c1ccccc1)c1ccccc1.[C-]#[O+].[C-]#[O+].[Cl][Ru].[Cl][Ru].c1ccc(P(c2ccccc2)c2ccccc2)cc1.c1ccc(P(c2ccccc2)c2ccccc2)cc1.c1ccc(P(c2ccccc2)c2ccccc2)cc1.c1ccc(P(c2ccccc2)c2ccccc2)cc1. The molecule has 0 bridgehead atoms. The van der Waals surface area contributed by atoms with Gasteiger partial charge in [-0.15, -0.1) is 0 Å². The van der Waals surface area contributed by atoms with Gasteiger partial charge in [-0.25, -0.2) is 0 Å². The van der Waals surface area contributed by atoms with Crippen LogP contribution in [-0.4, -0.2) is 21.8 Å². The van der Waals surface area contributed by atoms with Crippen LogP contribution in [-0.2, 0) is 43.9 Å². The first-order valence-corrected chi connectivity index (χ1v) is 47.9. The number of rotatable bonds is 20. The van der Waals surface area contributed by atoms with Crippen molar-refractivity contribution in [1.82, 2.24) is 0 Å². The van der Waals surface area contributed by atoms with Crippen molar-refractivity contribution in [3.63, 3.8) is 0 Å². The number of carbonyl (C=O) groups is 2. The average Bonchev–Trinajstić information content (AvgIpc) is 0.825. The summed E-state index contributed by atoms with van der Waals surface area (Å²) in [5, 5.41) is 39.2. The molecule has 15 heteroatoms. The Balaban J connectivity index is 0.000000186. The first kappa shape index (κ1) is 93.8. The van der Waals surface area contributed by atoms with Crippen molar-refractivity contribution in [2.24, 2.45) is 0 Å². The first-order chi connectivity index (χ1) is 58.9. The van der Waals surface area contributed by atoms with Gasteiger partial charge in [0.2, 0.25) is 11.6 Å². The van der Waals surface area contributed by atoms with E-state index >= 15 is 0 Å². The normalized spacial score (nSPS) is 10.5. The van der Waals surface area contributed by atoms with E-state index in [2.05, 4.69) is 397 Å². The van der Waals surface area contributed by atoms with Crippen molar-refractivity contribution in [2.45, 2.75) is 0 Å². The van der Waals surface area contributed by atoms with Gasteiger partial charge in [-0.3, -0.25) is 9.59 Å². The predicted molar refractivity (Wildman–Crippen MR) is 501 cm³/mol. The number of hydrogen-bond acceptors (Lipinski definition) is 5. The Morgan fingerprint density at radius 3 is 0.420 bits per heavy atom. The van der Waals surface area contributed by atoms with Gasteiger partial charge in [0.05, 0.1) is 0 Å². The number of aliphatic hydroxyl groups is 2. The van der Waals surface area contributed by atoms with Crippen LogP contribution in [0.4, 0.5) is 0 Å². The number of aliphatic hydroxyl groups excluding tert-OH is 2. The number of hydrogen-bond donors (Lipinski definition) is 2. The van der Waals surface area contributed by atoms with Gasteiger partial charge >= 0.3 is 76.6 Å². The van der Waals surface area contributed by atoms with Crippen LogP contribution in [0.2, 0.25) is 0 Å². The zero-order valence-corrected chi connectivity index (χ0v) is 73.8. The van der Waals surface area contributed by atoms with Crippen molar-refractivity contribution >= 4 is 150 Å². The molecule has 0 fully saturated rings. The maximum atomic E-state index is 13.6. The van der Waals surface area contributed by atoms with Crippen LogP contribution in [0.5, 0.6) is 0 Å². The first-order valence-electron chi connectivity index (χ1n) is 37.2. The zero-order chi connectivity index (χ0) is 84.3. The third-order valence-corrected chi connectivity index (χ3v) is 28.3. The fourth-order valence-corrected chi connectivity index (χ4v) is 22.4. The monoisotopic (exact) mass is 1860 g/mol. The summed E-state index contributed by atoms with van der Waals surface area (Å²) in [5.41, 5.74) is 1.54. The van der Waals surface area contributed by atoms with Gasteiger partial charge in [-0.2, -0.15) is 0 Å². The van der Waals surface area contributed by atoms with Crippen LogP contribution in [0.25, 0.3) is 11.5 Å². The van der Waals surface area contributed by atoms with Crippen molar-refractivity contribution in [3.05, 3.63) is 531 Å². The molecule has 119 heavy (non-hydrogen) atoms. The van der Waals surface area contributed by atoms with Crippen LogP contribution in [0.3, 0.4) is 0 Å². The Morgan fingerprint density at radius 2 is 0.303 bits per heavy atom. The summed E-state index contributed by atoms with van der Waals surface area (Å²) >= 11 is 4.41. The minimum absolute atomic E-state index is 0.0656. The molecule has 0 atom stereocenters. The van der Waals surface area contributed by atoms with Gasteiger partial charge in [-0.1, -0.05) is 497 Å². The molecule has 0 aliphatic heterocycles. The van der Waals surface area contributed by atoms with Gasteiger partial charge in [0.25, 0.3) is 0 Å². The fraction of sp³-hybridized carbons (Fsp3) is 0. The Hall–Kier alpha value is -10.7. The molecule has 0 aliphatic rings. The van der Waals surface area contributed by atoms with Gasteiger partial charge < -0.3 is 10.2 Å². The Bertz CT molecular complexity index is 4620. The molecule has 16 rings (SSSR count). The summed E-state index contributed by atoms with van der Waals surface area (Å²) in [7, 11) is 7.35. The number of benzene rings is 16. The molecule has 0 spiro atoms. The number of halogens is 2. The number of allylic oxidation sites excluding steroid dienone is 2. The third kappa shape index (κ3) is 29.4. The molecule has 0 unspecified atom stereocenters. The molecule has 0 saturated heterocycles. The number of ketones is 2. The minimum atomic E-state index is -0.462. The summed E-state index contributed by atoms with van der Waals surface area (Å²) in [4.78, 5) is 27.0. The molecule has 0 saturated carbocycles. The largest absolute Gasteiger partial charge is 0.0622 e. The Morgan fingerprint density at radius 1 is 0.202 bits per heavy atom. The van der Waals surface area contributed by atoms with E-state index in [-0.39, 0.29) is 21.3 Å². The maximum absolute atomic E-state index is 13.6. The van der Waals surface area contributed by atoms with E-state index < -0.39 is 43.3 Å². The number of carbonyl (C=O) groups excluding carboxylic acids is 2. The Kier molecular flexibility index (Phi) is 43.5. The second kappa shape index (κ2) is 55.1. The summed E-state index contributed by atoms with van der Waals surface area (Å²) in [6, 6.07) is 164. The standard InChI is InChI=1S/C30H22O4S.4C18H15P.2CO.2ClH.2Ru/c31-25(21-13-5-1-6-14-21)29(26(32)22-15-7-2-8-16-22)35-30(27(33)23-17-9-3-10-18-23)28(34)24-19-11-4-12-20-24;4*1-4-10-16(11-5-1)19(17-12-6-2-7-13-17)18-14-8-3-9-15-18;2*1-2;;;;/h1-20,31,33H;4*1-15H;;;2*1H;;/q;;;;;;;;;2*+1/p-2/b29-25+,30-27+;;;;;;;;;;. The van der Waals surface area contributed by atoms with Crippen LogP contribution in [0.1, 0.15) is 31.8 Å². The van der Waals surface area contributed by atoms with E-state index in [0.717, 1.165) is 11.8 Å². The average molecular weight is 1860 g/mol. The van der Waals surface area contributed by atoms with E-state index in [4.69, 9.17) is 9.30 Å². The van der Waals surface area contributed by atoms with Gasteiger partial charge in [-0.05, 0) is 95.3 Å². The molecule has 6 nitrogen and oxygen atoms in total. The molecule has 0 radical (unpaired) electrons. The molecular weight excluding hydrogens is 1770 g/mol. The fourth-order valence-electron chi connectivity index (χ4n) is 12.1. The van der Waals surface area contributed by atoms with Gasteiger partial charge in [0.15, 0.2) is 0 Å². The van der Waals surface area contributed by atoms with Gasteiger partial charge in [0, 0.05) is 22.3 Å². The minimum Gasteiger partial charge on any atom is -0.0622 e. The van der Waals surface area contributed by atoms with E-state index in [0.29, 0.717) is 22.3 Å². The molecular formula is C104H82Cl2O6P4Ru2S. The molecule has 590 valence electrons. The predicted octanol–water partition coefficient (Wildman–Crippen LogP) is 22.4. The quantitative estimate of drug-likeness (QED) is 0.0150. The summed E-state index contributed by atoms with van der Waals surface area (Å²) < 4.78 is 15.0.